The van der Waals surface area contributed by atoms with Crippen LogP contribution < -0.4 is 5.32 Å². The first kappa shape index (κ1) is 17.2. The van der Waals surface area contributed by atoms with Crippen molar-refractivity contribution in [3.05, 3.63) is 35.4 Å². The molecule has 0 radical (unpaired) electrons. The molecular formula is C15H24IN3O. The van der Waals surface area contributed by atoms with Crippen molar-refractivity contribution in [2.24, 2.45) is 4.99 Å². The van der Waals surface area contributed by atoms with E-state index in [1.807, 2.05) is 7.05 Å². The molecule has 1 heterocycles. The molecule has 112 valence electrons. The highest BCUT2D eigenvalue weighted by Gasteiger charge is 2.24. The standard InChI is InChI=1S/C15H23N3O.HI/c1-4-17-15(16-3)18-9-10-19-14(11-18)13-8-6-5-7-12(13)2;/h5-8,14H,4,9-11H2,1-3H3,(H,16,17);1H. The van der Waals surface area contributed by atoms with E-state index in [1.165, 1.54) is 11.1 Å². The molecule has 0 spiro atoms. The highest BCUT2D eigenvalue weighted by atomic mass is 127. The van der Waals surface area contributed by atoms with Gasteiger partial charge in [0.2, 0.25) is 0 Å². The van der Waals surface area contributed by atoms with Crippen LogP contribution in [0.3, 0.4) is 0 Å². The van der Waals surface area contributed by atoms with E-state index >= 15 is 0 Å². The number of hydrogen-bond acceptors (Lipinski definition) is 2. The van der Waals surface area contributed by atoms with Gasteiger partial charge in [-0.3, -0.25) is 4.99 Å². The summed E-state index contributed by atoms with van der Waals surface area (Å²) < 4.78 is 5.92. The van der Waals surface area contributed by atoms with Crippen LogP contribution in [0.5, 0.6) is 0 Å². The molecule has 1 aliphatic heterocycles. The van der Waals surface area contributed by atoms with Crippen molar-refractivity contribution in [1.82, 2.24) is 10.2 Å². The molecule has 1 aromatic carbocycles. The number of benzene rings is 1. The Kier molecular flexibility index (Phi) is 7.29. The molecule has 1 N–H and O–H groups in total. The van der Waals surface area contributed by atoms with Crippen LogP contribution in [0, 0.1) is 6.92 Å². The van der Waals surface area contributed by atoms with Crippen molar-refractivity contribution in [2.45, 2.75) is 20.0 Å². The zero-order valence-corrected chi connectivity index (χ0v) is 14.8. The maximum absolute atomic E-state index is 5.92. The normalized spacial score (nSPS) is 19.4. The summed E-state index contributed by atoms with van der Waals surface area (Å²) in [6, 6.07) is 8.43. The predicted molar refractivity (Wildman–Crippen MR) is 93.9 cm³/mol. The van der Waals surface area contributed by atoms with Gasteiger partial charge in [0.15, 0.2) is 5.96 Å². The van der Waals surface area contributed by atoms with Crippen LogP contribution in [0.4, 0.5) is 0 Å². The zero-order chi connectivity index (χ0) is 13.7. The molecule has 0 aromatic heterocycles. The lowest BCUT2D eigenvalue weighted by Gasteiger charge is -2.35. The molecule has 1 atom stereocenters. The number of guanidine groups is 1. The molecule has 1 aromatic rings. The van der Waals surface area contributed by atoms with Gasteiger partial charge in [0.25, 0.3) is 0 Å². The summed E-state index contributed by atoms with van der Waals surface area (Å²) in [5.41, 5.74) is 2.56. The maximum Gasteiger partial charge on any atom is 0.193 e. The summed E-state index contributed by atoms with van der Waals surface area (Å²) in [7, 11) is 1.83. The zero-order valence-electron chi connectivity index (χ0n) is 12.4. The Morgan fingerprint density at radius 3 is 2.85 bits per heavy atom. The Balaban J connectivity index is 0.00000200. The number of morpholine rings is 1. The predicted octanol–water partition coefficient (Wildman–Crippen LogP) is 2.58. The van der Waals surface area contributed by atoms with Gasteiger partial charge in [0.05, 0.1) is 13.2 Å². The van der Waals surface area contributed by atoms with Gasteiger partial charge in [0, 0.05) is 20.1 Å². The second kappa shape index (κ2) is 8.46. The number of aliphatic imine (C=N–C) groups is 1. The van der Waals surface area contributed by atoms with Crippen LogP contribution in [0.25, 0.3) is 0 Å². The fourth-order valence-electron chi connectivity index (χ4n) is 2.47. The summed E-state index contributed by atoms with van der Waals surface area (Å²) in [5, 5.41) is 3.31. The molecular weight excluding hydrogens is 365 g/mol. The minimum absolute atomic E-state index is 0. The van der Waals surface area contributed by atoms with E-state index in [1.54, 1.807) is 0 Å². The number of halogens is 1. The van der Waals surface area contributed by atoms with Crippen molar-refractivity contribution in [3.63, 3.8) is 0 Å². The third-order valence-corrected chi connectivity index (χ3v) is 3.45. The van der Waals surface area contributed by atoms with Crippen molar-refractivity contribution in [3.8, 4) is 0 Å². The van der Waals surface area contributed by atoms with Crippen LogP contribution in [-0.2, 0) is 4.74 Å². The molecule has 0 amide bonds. The summed E-state index contributed by atoms with van der Waals surface area (Å²) in [6.45, 7) is 7.59. The van der Waals surface area contributed by atoms with E-state index in [2.05, 4.69) is 53.3 Å². The van der Waals surface area contributed by atoms with Crippen LogP contribution in [0.2, 0.25) is 0 Å². The van der Waals surface area contributed by atoms with Crippen LogP contribution >= 0.6 is 24.0 Å². The molecule has 1 fully saturated rings. The third kappa shape index (κ3) is 4.09. The monoisotopic (exact) mass is 389 g/mol. The van der Waals surface area contributed by atoms with E-state index in [0.29, 0.717) is 0 Å². The Hall–Kier alpha value is -0.820. The summed E-state index contributed by atoms with van der Waals surface area (Å²) in [6.07, 6.45) is 0.130. The first-order valence-corrected chi connectivity index (χ1v) is 6.89. The SMILES string of the molecule is CCNC(=NC)N1CCOC(c2ccccc2C)C1.I. The van der Waals surface area contributed by atoms with Gasteiger partial charge in [-0.05, 0) is 25.0 Å². The third-order valence-electron chi connectivity index (χ3n) is 3.45. The summed E-state index contributed by atoms with van der Waals surface area (Å²) in [5.74, 6) is 0.962. The van der Waals surface area contributed by atoms with Gasteiger partial charge in [-0.1, -0.05) is 24.3 Å². The van der Waals surface area contributed by atoms with Gasteiger partial charge in [-0.2, -0.15) is 0 Å². The van der Waals surface area contributed by atoms with Crippen LogP contribution in [0.15, 0.2) is 29.3 Å². The number of aryl methyl sites for hydroxylation is 1. The molecule has 0 saturated carbocycles. The number of hydrogen-bond donors (Lipinski definition) is 1. The molecule has 1 aliphatic rings. The fourth-order valence-corrected chi connectivity index (χ4v) is 2.47. The Morgan fingerprint density at radius 1 is 1.45 bits per heavy atom. The molecule has 1 saturated heterocycles. The molecule has 4 nitrogen and oxygen atoms in total. The highest BCUT2D eigenvalue weighted by molar-refractivity contribution is 14.0. The minimum Gasteiger partial charge on any atom is -0.370 e. The number of nitrogens with one attached hydrogen (secondary N) is 1. The number of ether oxygens (including phenoxy) is 1. The maximum atomic E-state index is 5.92. The van der Waals surface area contributed by atoms with E-state index in [0.717, 1.165) is 32.2 Å². The van der Waals surface area contributed by atoms with Crippen molar-refractivity contribution >= 4 is 29.9 Å². The van der Waals surface area contributed by atoms with Gasteiger partial charge < -0.3 is 15.0 Å². The lowest BCUT2D eigenvalue weighted by atomic mass is 10.0. The van der Waals surface area contributed by atoms with E-state index < -0.39 is 0 Å². The Bertz CT molecular complexity index is 450. The smallest absolute Gasteiger partial charge is 0.193 e. The van der Waals surface area contributed by atoms with Gasteiger partial charge in [0.1, 0.15) is 6.10 Å². The van der Waals surface area contributed by atoms with E-state index in [-0.39, 0.29) is 30.1 Å². The van der Waals surface area contributed by atoms with Crippen molar-refractivity contribution in [1.29, 1.82) is 0 Å². The van der Waals surface area contributed by atoms with Gasteiger partial charge in [-0.15, -0.1) is 24.0 Å². The van der Waals surface area contributed by atoms with E-state index in [4.69, 9.17) is 4.74 Å². The van der Waals surface area contributed by atoms with Crippen molar-refractivity contribution in [2.75, 3.05) is 33.3 Å². The second-order valence-corrected chi connectivity index (χ2v) is 4.74. The van der Waals surface area contributed by atoms with Crippen LogP contribution in [0.1, 0.15) is 24.2 Å². The highest BCUT2D eigenvalue weighted by Crippen LogP contribution is 2.24. The molecule has 5 heteroatoms. The lowest BCUT2D eigenvalue weighted by Crippen LogP contribution is -2.48. The second-order valence-electron chi connectivity index (χ2n) is 4.74. The Labute approximate surface area is 138 Å². The average molecular weight is 389 g/mol. The molecule has 20 heavy (non-hydrogen) atoms. The molecule has 0 aliphatic carbocycles. The van der Waals surface area contributed by atoms with Crippen molar-refractivity contribution < 1.29 is 4.74 Å². The van der Waals surface area contributed by atoms with Crippen LogP contribution in [-0.4, -0.2) is 44.1 Å². The fraction of sp³-hybridized carbons (Fsp3) is 0.533. The number of nitrogens with zero attached hydrogens (tertiary/aromatic N) is 2. The van der Waals surface area contributed by atoms with Gasteiger partial charge in [-0.25, -0.2) is 0 Å². The summed E-state index contributed by atoms with van der Waals surface area (Å²) >= 11 is 0. The lowest BCUT2D eigenvalue weighted by molar-refractivity contribution is -0.00827. The first-order chi connectivity index (χ1) is 9.26. The molecule has 1 unspecified atom stereocenters. The average Bonchev–Trinajstić information content (AvgIpc) is 2.45. The molecule has 2 rings (SSSR count). The van der Waals surface area contributed by atoms with Gasteiger partial charge >= 0.3 is 0 Å². The molecule has 0 bridgehead atoms. The first-order valence-electron chi connectivity index (χ1n) is 6.89. The largest absolute Gasteiger partial charge is 0.370 e. The number of rotatable bonds is 2. The minimum atomic E-state index is 0. The summed E-state index contributed by atoms with van der Waals surface area (Å²) in [4.78, 5) is 6.60. The van der Waals surface area contributed by atoms with E-state index in [9.17, 15) is 0 Å². The quantitative estimate of drug-likeness (QED) is 0.480. The topological polar surface area (TPSA) is 36.9 Å². The Morgan fingerprint density at radius 2 is 2.20 bits per heavy atom.